The van der Waals surface area contributed by atoms with Crippen molar-refractivity contribution in [3.05, 3.63) is 48.0 Å². The van der Waals surface area contributed by atoms with Gasteiger partial charge >= 0.3 is 0 Å². The lowest BCUT2D eigenvalue weighted by Crippen LogP contribution is -2.44. The van der Waals surface area contributed by atoms with E-state index < -0.39 is 0 Å². The number of hydrogen-bond acceptors (Lipinski definition) is 3. The van der Waals surface area contributed by atoms with Gasteiger partial charge in [-0.15, -0.1) is 0 Å². The Balaban J connectivity index is 1.57. The lowest BCUT2D eigenvalue weighted by Gasteiger charge is -2.40. The van der Waals surface area contributed by atoms with Crippen LogP contribution in [0.2, 0.25) is 0 Å². The van der Waals surface area contributed by atoms with Crippen LogP contribution in [-0.2, 0) is 10.2 Å². The molecule has 1 saturated heterocycles. The van der Waals surface area contributed by atoms with Gasteiger partial charge in [0, 0.05) is 13.1 Å². The van der Waals surface area contributed by atoms with E-state index in [1.54, 1.807) is 12.7 Å². The van der Waals surface area contributed by atoms with E-state index in [-0.39, 0.29) is 23.3 Å². The summed E-state index contributed by atoms with van der Waals surface area (Å²) in [4.78, 5) is 19.4. The maximum Gasteiger partial charge on any atom is 0.230 e. The summed E-state index contributed by atoms with van der Waals surface area (Å²) in [6, 6.07) is 8.75. The van der Waals surface area contributed by atoms with Gasteiger partial charge < -0.3 is 4.90 Å². The number of hydrogen-bond donors (Lipinski definition) is 0. The first kappa shape index (κ1) is 16.3. The van der Waals surface area contributed by atoms with Crippen LogP contribution in [0.3, 0.4) is 0 Å². The molecule has 1 aromatic heterocycles. The Morgan fingerprint density at radius 3 is 2.88 bits per heavy atom. The minimum Gasteiger partial charge on any atom is -0.340 e. The Bertz CT molecular complexity index is 753. The third-order valence-corrected chi connectivity index (χ3v) is 5.94. The van der Waals surface area contributed by atoms with Crippen LogP contribution in [0.5, 0.6) is 0 Å². The Morgan fingerprint density at radius 2 is 2.08 bits per heavy atom. The molecule has 1 amide bonds. The van der Waals surface area contributed by atoms with E-state index >= 15 is 0 Å². The third kappa shape index (κ3) is 2.96. The Kier molecular flexibility index (Phi) is 4.10. The van der Waals surface area contributed by atoms with Crippen molar-refractivity contribution in [1.82, 2.24) is 19.7 Å². The molecular weight excluding hydrogens is 312 g/mol. The fourth-order valence-corrected chi connectivity index (χ4v) is 4.47. The van der Waals surface area contributed by atoms with Crippen molar-refractivity contribution in [2.45, 2.75) is 56.9 Å². The monoisotopic (exact) mass is 338 g/mol. The van der Waals surface area contributed by atoms with Crippen LogP contribution in [-0.4, -0.2) is 38.7 Å². The van der Waals surface area contributed by atoms with Crippen molar-refractivity contribution in [2.75, 3.05) is 13.1 Å². The predicted molar refractivity (Wildman–Crippen MR) is 96.3 cm³/mol. The van der Waals surface area contributed by atoms with Crippen molar-refractivity contribution < 1.29 is 4.79 Å². The molecule has 5 nitrogen and oxygen atoms in total. The molecule has 0 spiro atoms. The van der Waals surface area contributed by atoms with Gasteiger partial charge in [0.2, 0.25) is 5.91 Å². The number of fused-ring (bicyclic) bond motifs is 1. The predicted octanol–water partition coefficient (Wildman–Crippen LogP) is 3.30. The molecule has 2 heterocycles. The molecule has 1 aliphatic heterocycles. The summed E-state index contributed by atoms with van der Waals surface area (Å²) in [5, 5.41) is 4.27. The molecule has 4 rings (SSSR count). The summed E-state index contributed by atoms with van der Waals surface area (Å²) in [6.45, 7) is 6.17. The first-order valence-corrected chi connectivity index (χ1v) is 9.28. The average Bonchev–Trinajstić information content (AvgIpc) is 3.16. The zero-order chi connectivity index (χ0) is 17.4. The molecule has 2 aromatic rings. The van der Waals surface area contributed by atoms with E-state index in [1.807, 2.05) is 4.68 Å². The number of amides is 1. The normalized spacial score (nSPS) is 25.4. The van der Waals surface area contributed by atoms with E-state index in [9.17, 15) is 4.79 Å². The smallest absolute Gasteiger partial charge is 0.230 e. The van der Waals surface area contributed by atoms with Gasteiger partial charge in [0.1, 0.15) is 12.7 Å². The highest BCUT2D eigenvalue weighted by molar-refractivity contribution is 5.84. The number of carbonyl (C=O) groups excluding carboxylic acids is 1. The maximum absolute atomic E-state index is 13.3. The molecule has 5 heteroatoms. The molecule has 2 atom stereocenters. The number of likely N-dealkylation sites (tertiary alicyclic amines) is 1. The highest BCUT2D eigenvalue weighted by Gasteiger charge is 2.38. The second-order valence-corrected chi connectivity index (χ2v) is 8.02. The molecule has 25 heavy (non-hydrogen) atoms. The lowest BCUT2D eigenvalue weighted by molar-refractivity contribution is -0.135. The van der Waals surface area contributed by atoms with Gasteiger partial charge in [-0.3, -0.25) is 4.79 Å². The van der Waals surface area contributed by atoms with Crippen LogP contribution >= 0.6 is 0 Å². The van der Waals surface area contributed by atoms with Gasteiger partial charge in [0.05, 0.1) is 12.0 Å². The number of carbonyl (C=O) groups is 1. The van der Waals surface area contributed by atoms with Gasteiger partial charge in [-0.25, -0.2) is 9.67 Å². The highest BCUT2D eigenvalue weighted by atomic mass is 16.2. The quantitative estimate of drug-likeness (QED) is 0.844. The molecule has 132 valence electrons. The minimum atomic E-state index is -0.00118. The van der Waals surface area contributed by atoms with Crippen LogP contribution in [0.25, 0.3) is 0 Å². The second-order valence-electron chi connectivity index (χ2n) is 8.02. The van der Waals surface area contributed by atoms with Crippen LogP contribution in [0.4, 0.5) is 0 Å². The molecule has 0 bridgehead atoms. The van der Waals surface area contributed by atoms with Crippen LogP contribution in [0.15, 0.2) is 36.9 Å². The lowest BCUT2D eigenvalue weighted by atomic mass is 9.68. The molecular formula is C20H26N4O. The van der Waals surface area contributed by atoms with Gasteiger partial charge in [-0.05, 0) is 42.2 Å². The summed E-state index contributed by atoms with van der Waals surface area (Å²) >= 11 is 0. The van der Waals surface area contributed by atoms with E-state index in [0.29, 0.717) is 0 Å². The molecule has 2 aliphatic rings. The molecule has 1 aromatic carbocycles. The molecule has 0 radical (unpaired) electrons. The van der Waals surface area contributed by atoms with E-state index in [4.69, 9.17) is 0 Å². The molecule has 0 saturated carbocycles. The average molecular weight is 338 g/mol. The largest absolute Gasteiger partial charge is 0.340 e. The van der Waals surface area contributed by atoms with Crippen molar-refractivity contribution in [1.29, 1.82) is 0 Å². The molecule has 0 unspecified atom stereocenters. The summed E-state index contributed by atoms with van der Waals surface area (Å²) in [7, 11) is 0. The zero-order valence-corrected chi connectivity index (χ0v) is 15.1. The SMILES string of the molecule is CC1(C)CC[C@H](C(=O)N2CCC[C@@H](n3cncn3)C2)c2ccccc21. The van der Waals surface area contributed by atoms with Crippen LogP contribution in [0, 0.1) is 0 Å². The Labute approximate surface area is 149 Å². The molecule has 1 aliphatic carbocycles. The van der Waals surface area contributed by atoms with E-state index in [0.717, 1.165) is 38.8 Å². The van der Waals surface area contributed by atoms with Gasteiger partial charge in [-0.2, -0.15) is 5.10 Å². The van der Waals surface area contributed by atoms with E-state index in [1.165, 1.54) is 11.1 Å². The Morgan fingerprint density at radius 1 is 1.24 bits per heavy atom. The highest BCUT2D eigenvalue weighted by Crippen LogP contribution is 2.43. The van der Waals surface area contributed by atoms with Crippen molar-refractivity contribution in [3.63, 3.8) is 0 Å². The second kappa shape index (κ2) is 6.28. The van der Waals surface area contributed by atoms with Gasteiger partial charge in [-0.1, -0.05) is 38.1 Å². The van der Waals surface area contributed by atoms with Crippen molar-refractivity contribution >= 4 is 5.91 Å². The van der Waals surface area contributed by atoms with Crippen molar-refractivity contribution in [2.24, 2.45) is 0 Å². The number of nitrogens with zero attached hydrogens (tertiary/aromatic N) is 4. The fourth-order valence-electron chi connectivity index (χ4n) is 4.47. The minimum absolute atomic E-state index is 0.00118. The van der Waals surface area contributed by atoms with Crippen LogP contribution < -0.4 is 0 Å². The van der Waals surface area contributed by atoms with Gasteiger partial charge in [0.25, 0.3) is 0 Å². The summed E-state index contributed by atoms with van der Waals surface area (Å²) in [5.74, 6) is 0.284. The van der Waals surface area contributed by atoms with Crippen LogP contribution in [0.1, 0.15) is 62.6 Å². The first-order valence-electron chi connectivity index (χ1n) is 9.28. The molecule has 1 fully saturated rings. The number of aromatic nitrogens is 3. The summed E-state index contributed by atoms with van der Waals surface area (Å²) in [5.41, 5.74) is 2.72. The topological polar surface area (TPSA) is 51.0 Å². The number of piperidine rings is 1. The standard InChI is InChI=1S/C20H26N4O/c1-20(2)10-9-17(16-7-3-4-8-18(16)20)19(25)23-11-5-6-15(12-23)24-14-21-13-22-24/h3-4,7-8,13-15,17H,5-6,9-12H2,1-2H3/t15-,17+/m1/s1. The maximum atomic E-state index is 13.3. The van der Waals surface area contributed by atoms with Crippen molar-refractivity contribution in [3.8, 4) is 0 Å². The summed E-state index contributed by atoms with van der Waals surface area (Å²) in [6.07, 6.45) is 7.41. The third-order valence-electron chi connectivity index (χ3n) is 5.94. The first-order chi connectivity index (χ1) is 12.1. The van der Waals surface area contributed by atoms with Gasteiger partial charge in [0.15, 0.2) is 0 Å². The fraction of sp³-hybridized carbons (Fsp3) is 0.550. The Hall–Kier alpha value is -2.17. The summed E-state index contributed by atoms with van der Waals surface area (Å²) < 4.78 is 1.90. The number of rotatable bonds is 2. The van der Waals surface area contributed by atoms with E-state index in [2.05, 4.69) is 53.1 Å². The number of benzene rings is 1. The zero-order valence-electron chi connectivity index (χ0n) is 15.1. The molecule has 0 N–H and O–H groups in total.